The number of nitrogens with zero attached hydrogens (tertiary/aromatic N) is 1. The Balaban J connectivity index is 2.29. The van der Waals surface area contributed by atoms with Gasteiger partial charge in [0.1, 0.15) is 10.6 Å². The number of carboxylic acids is 1. The molecule has 2 rings (SSSR count). The summed E-state index contributed by atoms with van der Waals surface area (Å²) in [6.07, 6.45) is 0. The van der Waals surface area contributed by atoms with E-state index in [-0.39, 0.29) is 10.6 Å². The number of rotatable bonds is 4. The lowest BCUT2D eigenvalue weighted by molar-refractivity contribution is 0.0690. The lowest BCUT2D eigenvalue weighted by Gasteiger charge is -2.08. The van der Waals surface area contributed by atoms with Crippen molar-refractivity contribution < 1.29 is 9.90 Å². The molecule has 0 saturated carbocycles. The summed E-state index contributed by atoms with van der Waals surface area (Å²) in [5.74, 6) is -0.518. The van der Waals surface area contributed by atoms with E-state index >= 15 is 0 Å². The number of aromatic amines is 1. The zero-order valence-corrected chi connectivity index (χ0v) is 12.9. The van der Waals surface area contributed by atoms with E-state index in [1.54, 1.807) is 6.92 Å². The van der Waals surface area contributed by atoms with Gasteiger partial charge in [-0.1, -0.05) is 18.2 Å². The van der Waals surface area contributed by atoms with Crippen LogP contribution < -0.4 is 5.69 Å². The monoisotopic (exact) mass is 304 g/mol. The third-order valence-electron chi connectivity index (χ3n) is 3.25. The van der Waals surface area contributed by atoms with Crippen LogP contribution in [0.15, 0.2) is 28.0 Å². The molecule has 0 amide bonds. The van der Waals surface area contributed by atoms with Crippen LogP contribution in [0.25, 0.3) is 0 Å². The number of carboxylic acid groups (broad SMARTS) is 1. The van der Waals surface area contributed by atoms with Gasteiger partial charge in [-0.3, -0.25) is 0 Å². The number of aromatic nitrogens is 2. The van der Waals surface area contributed by atoms with Crippen LogP contribution in [-0.2, 0) is 5.75 Å². The number of hydrogen-bond acceptors (Lipinski definition) is 4. The van der Waals surface area contributed by atoms with Gasteiger partial charge in [-0.2, -0.15) is 4.98 Å². The van der Waals surface area contributed by atoms with Gasteiger partial charge < -0.3 is 10.1 Å². The molecule has 6 heteroatoms. The summed E-state index contributed by atoms with van der Waals surface area (Å²) in [6, 6.07) is 6.08. The molecular weight excluding hydrogens is 288 g/mol. The van der Waals surface area contributed by atoms with Gasteiger partial charge in [0.25, 0.3) is 0 Å². The fourth-order valence-corrected chi connectivity index (χ4v) is 2.98. The van der Waals surface area contributed by atoms with Crippen LogP contribution >= 0.6 is 11.8 Å². The Morgan fingerprint density at radius 2 is 2.00 bits per heavy atom. The van der Waals surface area contributed by atoms with Gasteiger partial charge in [0.15, 0.2) is 0 Å². The number of thioether (sulfide) groups is 1. The van der Waals surface area contributed by atoms with Gasteiger partial charge in [-0.15, -0.1) is 11.8 Å². The third kappa shape index (κ3) is 3.52. The second-order valence-electron chi connectivity index (χ2n) is 4.86. The van der Waals surface area contributed by atoms with Gasteiger partial charge in [0.05, 0.1) is 0 Å². The molecule has 21 heavy (non-hydrogen) atoms. The largest absolute Gasteiger partial charge is 0.478 e. The molecule has 0 bridgehead atoms. The minimum absolute atomic E-state index is 0.0587. The molecule has 110 valence electrons. The predicted octanol–water partition coefficient (Wildman–Crippen LogP) is 2.69. The molecule has 1 heterocycles. The molecule has 0 aliphatic carbocycles. The Morgan fingerprint density at radius 3 is 2.62 bits per heavy atom. The van der Waals surface area contributed by atoms with Crippen LogP contribution in [0.1, 0.15) is 32.7 Å². The van der Waals surface area contributed by atoms with Crippen LogP contribution in [0.3, 0.4) is 0 Å². The van der Waals surface area contributed by atoms with E-state index in [0.717, 1.165) is 5.56 Å². The highest BCUT2D eigenvalue weighted by Gasteiger charge is 2.17. The van der Waals surface area contributed by atoms with Crippen molar-refractivity contribution in [2.24, 2.45) is 0 Å². The zero-order valence-electron chi connectivity index (χ0n) is 12.1. The topological polar surface area (TPSA) is 83.0 Å². The second-order valence-corrected chi connectivity index (χ2v) is 5.82. The summed E-state index contributed by atoms with van der Waals surface area (Å²) in [5.41, 5.74) is 3.31. The second kappa shape index (κ2) is 6.13. The molecule has 1 aromatic heterocycles. The summed E-state index contributed by atoms with van der Waals surface area (Å²) >= 11 is 1.26. The maximum Gasteiger partial charge on any atom is 0.346 e. The first kappa shape index (κ1) is 15.3. The molecule has 2 N–H and O–H groups in total. The first-order chi connectivity index (χ1) is 9.88. The van der Waals surface area contributed by atoms with E-state index < -0.39 is 11.7 Å². The van der Waals surface area contributed by atoms with Crippen molar-refractivity contribution in [3.05, 3.63) is 56.6 Å². The molecule has 0 aliphatic rings. The summed E-state index contributed by atoms with van der Waals surface area (Å²) in [6.45, 7) is 5.63. The van der Waals surface area contributed by atoms with Crippen LogP contribution in [0, 0.1) is 20.8 Å². The number of nitrogens with one attached hydrogen (secondary N) is 1. The highest BCUT2D eigenvalue weighted by atomic mass is 32.2. The van der Waals surface area contributed by atoms with E-state index in [2.05, 4.69) is 16.0 Å². The molecule has 0 atom stereocenters. The highest BCUT2D eigenvalue weighted by molar-refractivity contribution is 7.98. The maximum atomic E-state index is 11.4. The van der Waals surface area contributed by atoms with Gasteiger partial charge in [-0.25, -0.2) is 9.59 Å². The normalized spacial score (nSPS) is 10.6. The Kier molecular flexibility index (Phi) is 4.47. The van der Waals surface area contributed by atoms with E-state index in [0.29, 0.717) is 11.4 Å². The number of aromatic carboxylic acids is 1. The molecule has 0 saturated heterocycles. The smallest absolute Gasteiger partial charge is 0.346 e. The molecule has 1 aromatic carbocycles. The van der Waals surface area contributed by atoms with Gasteiger partial charge in [0.2, 0.25) is 0 Å². The van der Waals surface area contributed by atoms with E-state index in [1.807, 2.05) is 26.0 Å². The van der Waals surface area contributed by atoms with Crippen molar-refractivity contribution in [1.82, 2.24) is 9.97 Å². The first-order valence-corrected chi connectivity index (χ1v) is 7.40. The standard InChI is InChI=1S/C15H16N2O3S/c1-8-4-5-11(6-9(8)2)7-21-13-12(14(18)19)10(3)16-15(20)17-13/h4-6H,7H2,1-3H3,(H,18,19)(H,16,17,20). The van der Waals surface area contributed by atoms with Crippen molar-refractivity contribution in [2.45, 2.75) is 31.6 Å². The van der Waals surface area contributed by atoms with Crippen molar-refractivity contribution >= 4 is 17.7 Å². The SMILES string of the molecule is Cc1ccc(CSc2nc(=O)[nH]c(C)c2C(=O)O)cc1C. The Labute approximate surface area is 126 Å². The summed E-state index contributed by atoms with van der Waals surface area (Å²) in [7, 11) is 0. The molecule has 0 unspecified atom stereocenters. The van der Waals surface area contributed by atoms with Crippen molar-refractivity contribution in [3.8, 4) is 0 Å². The van der Waals surface area contributed by atoms with Gasteiger partial charge >= 0.3 is 11.7 Å². The molecule has 5 nitrogen and oxygen atoms in total. The number of benzene rings is 1. The number of aryl methyl sites for hydroxylation is 3. The predicted molar refractivity (Wildman–Crippen MR) is 82.0 cm³/mol. The number of H-pyrrole nitrogens is 1. The average Bonchev–Trinajstić information content (AvgIpc) is 2.38. The molecule has 0 fully saturated rings. The fourth-order valence-electron chi connectivity index (χ4n) is 1.96. The van der Waals surface area contributed by atoms with Crippen molar-refractivity contribution in [1.29, 1.82) is 0 Å². The molecular formula is C15H16N2O3S. The molecule has 0 aliphatic heterocycles. The van der Waals surface area contributed by atoms with E-state index in [9.17, 15) is 14.7 Å². The van der Waals surface area contributed by atoms with Gasteiger partial charge in [0, 0.05) is 11.4 Å². The van der Waals surface area contributed by atoms with Crippen molar-refractivity contribution in [2.75, 3.05) is 0 Å². The maximum absolute atomic E-state index is 11.4. The Bertz CT molecular complexity index is 753. The summed E-state index contributed by atoms with van der Waals surface area (Å²) in [5, 5.41) is 9.49. The quantitative estimate of drug-likeness (QED) is 0.670. The molecule has 0 spiro atoms. The molecule has 0 radical (unpaired) electrons. The molecule has 2 aromatic rings. The van der Waals surface area contributed by atoms with E-state index in [1.165, 1.54) is 22.9 Å². The van der Waals surface area contributed by atoms with Gasteiger partial charge in [-0.05, 0) is 37.5 Å². The van der Waals surface area contributed by atoms with Crippen LogP contribution in [0.2, 0.25) is 0 Å². The minimum atomic E-state index is -1.08. The Morgan fingerprint density at radius 1 is 1.29 bits per heavy atom. The van der Waals surface area contributed by atoms with Crippen molar-refractivity contribution in [3.63, 3.8) is 0 Å². The van der Waals surface area contributed by atoms with Crippen LogP contribution in [0.5, 0.6) is 0 Å². The average molecular weight is 304 g/mol. The van der Waals surface area contributed by atoms with Crippen LogP contribution in [0.4, 0.5) is 0 Å². The fraction of sp³-hybridized carbons (Fsp3) is 0.267. The Hall–Kier alpha value is -2.08. The number of hydrogen-bond donors (Lipinski definition) is 2. The summed E-state index contributed by atoms with van der Waals surface area (Å²) in [4.78, 5) is 28.9. The minimum Gasteiger partial charge on any atom is -0.478 e. The lowest BCUT2D eigenvalue weighted by atomic mass is 10.1. The third-order valence-corrected chi connectivity index (χ3v) is 4.29. The highest BCUT2D eigenvalue weighted by Crippen LogP contribution is 2.25. The first-order valence-electron chi connectivity index (χ1n) is 6.41. The lowest BCUT2D eigenvalue weighted by Crippen LogP contribution is -2.18. The van der Waals surface area contributed by atoms with Crippen LogP contribution in [-0.4, -0.2) is 21.0 Å². The summed E-state index contributed by atoms with van der Waals surface area (Å²) < 4.78 is 0. The zero-order chi connectivity index (χ0) is 15.6. The van der Waals surface area contributed by atoms with E-state index in [4.69, 9.17) is 0 Å². The number of carbonyl (C=O) groups is 1.